The van der Waals surface area contributed by atoms with Crippen molar-refractivity contribution < 1.29 is 25.2 Å². The molecule has 0 amide bonds. The van der Waals surface area contributed by atoms with Crippen molar-refractivity contribution in [3.05, 3.63) is 62.9 Å². The first-order chi connectivity index (χ1) is 17.3. The van der Waals surface area contributed by atoms with Crippen molar-refractivity contribution in [3.8, 4) is 11.3 Å². The summed E-state index contributed by atoms with van der Waals surface area (Å²) < 4.78 is 54.9. The zero-order valence-electron chi connectivity index (χ0n) is 21.7. The van der Waals surface area contributed by atoms with E-state index in [0.29, 0.717) is 16.3 Å². The van der Waals surface area contributed by atoms with E-state index in [4.69, 9.17) is 20.0 Å². The minimum Gasteiger partial charge on any atom is -0.367 e. The number of benzene rings is 2. The summed E-state index contributed by atoms with van der Waals surface area (Å²) in [5, 5.41) is 1.45. The summed E-state index contributed by atoms with van der Waals surface area (Å²) in [5.74, 6) is 0. The number of rotatable bonds is 12. The van der Waals surface area contributed by atoms with Crippen LogP contribution in [-0.2, 0) is 28.6 Å². The molecule has 0 aliphatic carbocycles. The maximum Gasteiger partial charge on any atom is 0.264 e. The standard InChI is InChI=1S/C24H28ClN3O6S3.2ClH/c1-17-24(27-18(2)35-17)19-5-8-21(9-6-19)26-16-20-7-10-22(15-23(20)25)28(11-13-33-36(3,29)30)12-14-34-37(4,31)32;;/h5-10,15-16H,11-14H2,1-4H3;2*1H. The van der Waals surface area contributed by atoms with E-state index < -0.39 is 20.2 Å². The van der Waals surface area contributed by atoms with Gasteiger partial charge in [0.25, 0.3) is 20.2 Å². The largest absolute Gasteiger partial charge is 0.367 e. The van der Waals surface area contributed by atoms with Gasteiger partial charge in [0.05, 0.1) is 47.1 Å². The number of nitrogens with zero attached hydrogens (tertiary/aromatic N) is 3. The van der Waals surface area contributed by atoms with Crippen molar-refractivity contribution in [2.24, 2.45) is 4.99 Å². The number of aliphatic imine (C=N–C) groups is 1. The van der Waals surface area contributed by atoms with E-state index in [1.165, 1.54) is 4.88 Å². The zero-order chi connectivity index (χ0) is 27.2. The molecule has 0 bridgehead atoms. The van der Waals surface area contributed by atoms with E-state index in [1.807, 2.05) is 31.2 Å². The van der Waals surface area contributed by atoms with E-state index in [9.17, 15) is 16.8 Å². The molecular weight excluding hydrogens is 629 g/mol. The summed E-state index contributed by atoms with van der Waals surface area (Å²) in [4.78, 5) is 12.0. The van der Waals surface area contributed by atoms with Crippen molar-refractivity contribution in [1.29, 1.82) is 0 Å². The van der Waals surface area contributed by atoms with Gasteiger partial charge in [-0.25, -0.2) is 4.98 Å². The molecule has 0 spiro atoms. The molecule has 0 saturated heterocycles. The molecule has 39 heavy (non-hydrogen) atoms. The van der Waals surface area contributed by atoms with E-state index >= 15 is 0 Å². The average Bonchev–Trinajstić information content (AvgIpc) is 3.14. The second-order valence-electron chi connectivity index (χ2n) is 8.19. The van der Waals surface area contributed by atoms with Gasteiger partial charge in [0.2, 0.25) is 0 Å². The molecule has 3 aromatic rings. The van der Waals surface area contributed by atoms with Crippen molar-refractivity contribution >= 4 is 85.6 Å². The fourth-order valence-electron chi connectivity index (χ4n) is 3.43. The van der Waals surface area contributed by atoms with E-state index in [2.05, 4.69) is 16.9 Å². The lowest BCUT2D eigenvalue weighted by molar-refractivity contribution is 0.309. The molecule has 0 fully saturated rings. The molecule has 216 valence electrons. The summed E-state index contributed by atoms with van der Waals surface area (Å²) in [6.07, 6.45) is 3.58. The molecule has 0 aliphatic heterocycles. The third kappa shape index (κ3) is 11.7. The lowest BCUT2D eigenvalue weighted by atomic mass is 10.1. The third-order valence-electron chi connectivity index (χ3n) is 5.06. The quantitative estimate of drug-likeness (QED) is 0.187. The smallest absolute Gasteiger partial charge is 0.264 e. The maximum atomic E-state index is 11.3. The van der Waals surface area contributed by atoms with Crippen LogP contribution in [0.25, 0.3) is 11.3 Å². The lowest BCUT2D eigenvalue weighted by Gasteiger charge is -2.24. The maximum absolute atomic E-state index is 11.3. The Labute approximate surface area is 251 Å². The van der Waals surface area contributed by atoms with Gasteiger partial charge in [0.15, 0.2) is 0 Å². The van der Waals surface area contributed by atoms with Crippen LogP contribution in [0, 0.1) is 13.8 Å². The Bertz CT molecular complexity index is 1440. The number of hydrogen-bond donors (Lipinski definition) is 0. The number of hydrogen-bond acceptors (Lipinski definition) is 10. The summed E-state index contributed by atoms with van der Waals surface area (Å²) >= 11 is 8.16. The first-order valence-corrected chi connectivity index (χ1v) is 16.0. The minimum absolute atomic E-state index is 0. The summed E-state index contributed by atoms with van der Waals surface area (Å²) in [6, 6.07) is 13.0. The molecule has 1 aromatic heterocycles. The number of aromatic nitrogens is 1. The zero-order valence-corrected chi connectivity index (χ0v) is 26.5. The fraction of sp³-hybridized carbons (Fsp3) is 0.333. The highest BCUT2D eigenvalue weighted by molar-refractivity contribution is 7.86. The first-order valence-electron chi connectivity index (χ1n) is 11.1. The van der Waals surface area contributed by atoms with E-state index in [1.54, 1.807) is 40.7 Å². The van der Waals surface area contributed by atoms with Crippen LogP contribution in [0.1, 0.15) is 15.4 Å². The van der Waals surface area contributed by atoms with E-state index in [-0.39, 0.29) is 51.1 Å². The molecule has 0 atom stereocenters. The van der Waals surface area contributed by atoms with Crippen molar-refractivity contribution in [2.45, 2.75) is 13.8 Å². The molecule has 2 aromatic carbocycles. The van der Waals surface area contributed by atoms with Crippen LogP contribution in [-0.4, -0.2) is 66.8 Å². The van der Waals surface area contributed by atoms with Crippen molar-refractivity contribution in [2.75, 3.05) is 43.7 Å². The van der Waals surface area contributed by atoms with Crippen LogP contribution in [0.3, 0.4) is 0 Å². The Hall–Kier alpha value is -1.77. The van der Waals surface area contributed by atoms with Crippen LogP contribution in [0.4, 0.5) is 11.4 Å². The number of aryl methyl sites for hydroxylation is 2. The Morgan fingerprint density at radius 3 is 1.97 bits per heavy atom. The van der Waals surface area contributed by atoms with Crippen LogP contribution in [0.5, 0.6) is 0 Å². The van der Waals surface area contributed by atoms with Gasteiger partial charge < -0.3 is 4.90 Å². The van der Waals surface area contributed by atoms with Gasteiger partial charge in [-0.15, -0.1) is 36.2 Å². The molecule has 15 heteroatoms. The number of halogens is 3. The van der Waals surface area contributed by atoms with Crippen molar-refractivity contribution in [1.82, 2.24) is 4.98 Å². The predicted octanol–water partition coefficient (Wildman–Crippen LogP) is 5.43. The minimum atomic E-state index is -3.61. The van der Waals surface area contributed by atoms with Crippen molar-refractivity contribution in [3.63, 3.8) is 0 Å². The van der Waals surface area contributed by atoms with Crippen LogP contribution < -0.4 is 4.90 Å². The average molecular weight is 659 g/mol. The molecule has 0 saturated carbocycles. The Balaban J connectivity index is 0.00000380. The fourth-order valence-corrected chi connectivity index (χ4v) is 5.25. The molecule has 9 nitrogen and oxygen atoms in total. The summed E-state index contributed by atoms with van der Waals surface area (Å²) in [7, 11) is -7.23. The molecule has 0 radical (unpaired) electrons. The first kappa shape index (κ1) is 35.3. The van der Waals surface area contributed by atoms with Crippen LogP contribution >= 0.6 is 47.8 Å². The Kier molecular flexibility index (Phi) is 13.8. The SMILES string of the molecule is Cc1nc(-c2ccc(N=Cc3ccc(N(CCOS(C)(=O)=O)CCOS(C)(=O)=O)cc3Cl)cc2)c(C)s1.Cl.Cl. The summed E-state index contributed by atoms with van der Waals surface area (Å²) in [6.45, 7) is 4.16. The topological polar surface area (TPSA) is 115 Å². The van der Waals surface area contributed by atoms with Gasteiger partial charge in [-0.3, -0.25) is 13.4 Å². The van der Waals surface area contributed by atoms with Gasteiger partial charge in [-0.2, -0.15) is 16.8 Å². The highest BCUT2D eigenvalue weighted by atomic mass is 35.5. The number of thiazole rings is 1. The highest BCUT2D eigenvalue weighted by Crippen LogP contribution is 2.29. The van der Waals surface area contributed by atoms with Gasteiger partial charge in [0, 0.05) is 41.0 Å². The molecule has 0 unspecified atom stereocenters. The molecule has 0 N–H and O–H groups in total. The van der Waals surface area contributed by atoms with Crippen LogP contribution in [0.15, 0.2) is 47.5 Å². The van der Waals surface area contributed by atoms with Crippen LogP contribution in [0.2, 0.25) is 5.02 Å². The second kappa shape index (κ2) is 15.3. The molecule has 1 heterocycles. The highest BCUT2D eigenvalue weighted by Gasteiger charge is 2.13. The van der Waals surface area contributed by atoms with Gasteiger partial charge in [-0.1, -0.05) is 23.7 Å². The molecule has 0 aliphatic rings. The molecule has 3 rings (SSSR count). The Morgan fingerprint density at radius 1 is 0.949 bits per heavy atom. The van der Waals surface area contributed by atoms with E-state index in [0.717, 1.165) is 34.5 Å². The normalized spacial score (nSPS) is 11.7. The predicted molar refractivity (Wildman–Crippen MR) is 164 cm³/mol. The second-order valence-corrected chi connectivity index (χ2v) is 13.3. The Morgan fingerprint density at radius 2 is 1.51 bits per heavy atom. The third-order valence-corrected chi connectivity index (χ3v) is 7.47. The van der Waals surface area contributed by atoms with Gasteiger partial charge in [0.1, 0.15) is 0 Å². The van der Waals surface area contributed by atoms with Gasteiger partial charge >= 0.3 is 0 Å². The summed E-state index contributed by atoms with van der Waals surface area (Å²) in [5.41, 5.74) is 4.09. The number of anilines is 1. The molecular formula is C24H30Cl3N3O6S3. The monoisotopic (exact) mass is 657 g/mol. The van der Waals surface area contributed by atoms with Gasteiger partial charge in [-0.05, 0) is 44.2 Å². The lowest BCUT2D eigenvalue weighted by Crippen LogP contribution is -2.32.